The number of aryl methyl sites for hydroxylation is 2. The minimum atomic E-state index is 0. The van der Waals surface area contributed by atoms with Gasteiger partial charge >= 0.3 is 0 Å². The molecule has 0 radical (unpaired) electrons. The summed E-state index contributed by atoms with van der Waals surface area (Å²) in [4.78, 5) is 11.1. The summed E-state index contributed by atoms with van der Waals surface area (Å²) in [6, 6.07) is 8.32. The molecule has 0 saturated carbocycles. The number of imidazole rings is 1. The molecule has 0 aliphatic heterocycles. The molecule has 3 aromatic rings. The number of H-pyrrole nitrogens is 2. The number of hydrogen-bond acceptors (Lipinski definition) is 1. The highest BCUT2D eigenvalue weighted by Gasteiger charge is 2.06. The van der Waals surface area contributed by atoms with E-state index in [1.165, 1.54) is 11.1 Å². The van der Waals surface area contributed by atoms with Crippen LogP contribution in [0.15, 0.2) is 30.5 Å². The number of benzene rings is 1. The summed E-state index contributed by atoms with van der Waals surface area (Å²) in [5, 5.41) is 0. The third-order valence-electron chi connectivity index (χ3n) is 2.72. The van der Waals surface area contributed by atoms with E-state index in [0.717, 1.165) is 22.6 Å². The Hall–Kier alpha value is -2.03. The summed E-state index contributed by atoms with van der Waals surface area (Å²) < 4.78 is 0. The van der Waals surface area contributed by atoms with Crippen LogP contribution in [-0.4, -0.2) is 15.0 Å². The Morgan fingerprint density at radius 2 is 2.00 bits per heavy atom. The molecule has 0 bridgehead atoms. The van der Waals surface area contributed by atoms with Gasteiger partial charge in [-0.2, -0.15) is 0 Å². The fraction of sp³-hybridized carbons (Fsp3) is 0.154. The van der Waals surface area contributed by atoms with E-state index in [2.05, 4.69) is 47.0 Å². The van der Waals surface area contributed by atoms with Gasteiger partial charge < -0.3 is 9.97 Å². The molecule has 0 aliphatic rings. The van der Waals surface area contributed by atoms with Crippen LogP contribution in [-0.2, 0) is 0 Å². The number of aromatic amines is 2. The summed E-state index contributed by atoms with van der Waals surface area (Å²) in [7, 11) is 0. The van der Waals surface area contributed by atoms with E-state index in [-0.39, 0.29) is 1.43 Å². The Kier molecular flexibility index (Phi) is 1.86. The van der Waals surface area contributed by atoms with Gasteiger partial charge in [0.2, 0.25) is 0 Å². The number of aromatic nitrogens is 3. The average Bonchev–Trinajstić information content (AvgIpc) is 2.83. The van der Waals surface area contributed by atoms with E-state index < -0.39 is 0 Å². The van der Waals surface area contributed by atoms with Crippen molar-refractivity contribution in [2.45, 2.75) is 13.8 Å². The molecule has 0 unspecified atom stereocenters. The van der Waals surface area contributed by atoms with Gasteiger partial charge in [0.05, 0.1) is 16.7 Å². The second-order valence-corrected chi connectivity index (χ2v) is 4.20. The van der Waals surface area contributed by atoms with E-state index in [0.29, 0.717) is 0 Å². The molecule has 2 N–H and O–H groups in total. The van der Waals surface area contributed by atoms with Crippen molar-refractivity contribution in [1.82, 2.24) is 15.0 Å². The number of nitrogens with one attached hydrogen (secondary N) is 2. The van der Waals surface area contributed by atoms with Crippen molar-refractivity contribution in [3.8, 4) is 11.5 Å². The smallest absolute Gasteiger partial charge is 0.154 e. The molecule has 82 valence electrons. The van der Waals surface area contributed by atoms with Crippen molar-refractivity contribution in [3.63, 3.8) is 0 Å². The lowest BCUT2D eigenvalue weighted by Crippen LogP contribution is -1.77. The van der Waals surface area contributed by atoms with Crippen molar-refractivity contribution in [1.29, 1.82) is 0 Å². The summed E-state index contributed by atoms with van der Waals surface area (Å²) in [6.07, 6.45) is 1.98. The van der Waals surface area contributed by atoms with E-state index in [9.17, 15) is 0 Å². The summed E-state index contributed by atoms with van der Waals surface area (Å²) in [6.45, 7) is 4.14. The van der Waals surface area contributed by atoms with Crippen LogP contribution in [0.2, 0.25) is 0 Å². The Bertz CT molecular complexity index is 652. The lowest BCUT2D eigenvalue weighted by molar-refractivity contribution is 1.27. The van der Waals surface area contributed by atoms with Gasteiger partial charge in [-0.3, -0.25) is 0 Å². The number of nitrogens with zero attached hydrogens (tertiary/aromatic N) is 1. The molecular formula is C13H15N3. The molecule has 0 saturated heterocycles. The van der Waals surface area contributed by atoms with Crippen molar-refractivity contribution in [2.24, 2.45) is 0 Å². The highest BCUT2D eigenvalue weighted by molar-refractivity contribution is 5.79. The van der Waals surface area contributed by atoms with E-state index >= 15 is 0 Å². The molecule has 0 fully saturated rings. The van der Waals surface area contributed by atoms with E-state index in [4.69, 9.17) is 0 Å². The Morgan fingerprint density at radius 3 is 2.75 bits per heavy atom. The zero-order chi connectivity index (χ0) is 11.1. The van der Waals surface area contributed by atoms with E-state index in [1.807, 2.05) is 12.3 Å². The van der Waals surface area contributed by atoms with Crippen LogP contribution in [0.1, 0.15) is 12.6 Å². The van der Waals surface area contributed by atoms with Gasteiger partial charge in [0.1, 0.15) is 0 Å². The topological polar surface area (TPSA) is 44.5 Å². The molecule has 3 nitrogen and oxygen atoms in total. The van der Waals surface area contributed by atoms with Crippen molar-refractivity contribution < 1.29 is 1.43 Å². The summed E-state index contributed by atoms with van der Waals surface area (Å²) in [5.41, 5.74) is 5.58. The minimum absolute atomic E-state index is 0. The average molecular weight is 213 g/mol. The second kappa shape index (κ2) is 3.23. The highest BCUT2D eigenvalue weighted by Crippen LogP contribution is 2.20. The first-order valence-electron chi connectivity index (χ1n) is 5.34. The van der Waals surface area contributed by atoms with Crippen molar-refractivity contribution in [2.75, 3.05) is 0 Å². The van der Waals surface area contributed by atoms with Gasteiger partial charge in [-0.15, -0.1) is 0 Å². The van der Waals surface area contributed by atoms with Gasteiger partial charge in [-0.05, 0) is 43.2 Å². The van der Waals surface area contributed by atoms with Crippen LogP contribution in [0.3, 0.4) is 0 Å². The first-order chi connectivity index (χ1) is 7.72. The third kappa shape index (κ3) is 1.41. The van der Waals surface area contributed by atoms with Crippen LogP contribution >= 0.6 is 0 Å². The zero-order valence-corrected chi connectivity index (χ0v) is 9.33. The Morgan fingerprint density at radius 1 is 1.12 bits per heavy atom. The maximum Gasteiger partial charge on any atom is 0.154 e. The molecular weight excluding hydrogens is 198 g/mol. The lowest BCUT2D eigenvalue weighted by atomic mass is 10.2. The van der Waals surface area contributed by atoms with Crippen LogP contribution in [0.5, 0.6) is 0 Å². The summed E-state index contributed by atoms with van der Waals surface area (Å²) in [5.74, 6) is 0.897. The maximum absolute atomic E-state index is 4.55. The molecule has 3 rings (SSSR count). The Labute approximate surface area is 95.0 Å². The molecule has 0 aliphatic carbocycles. The monoisotopic (exact) mass is 213 g/mol. The minimum Gasteiger partial charge on any atom is -0.358 e. The van der Waals surface area contributed by atoms with Crippen molar-refractivity contribution in [3.05, 3.63) is 41.6 Å². The molecule has 0 amide bonds. The first-order valence-corrected chi connectivity index (χ1v) is 5.34. The normalized spacial score (nSPS) is 11.1. The van der Waals surface area contributed by atoms with Gasteiger partial charge in [0.15, 0.2) is 5.82 Å². The van der Waals surface area contributed by atoms with Gasteiger partial charge in [0.25, 0.3) is 0 Å². The van der Waals surface area contributed by atoms with Gasteiger partial charge in [0, 0.05) is 7.62 Å². The second-order valence-electron chi connectivity index (χ2n) is 4.20. The highest BCUT2D eigenvalue weighted by atomic mass is 14.9. The zero-order valence-electron chi connectivity index (χ0n) is 9.33. The van der Waals surface area contributed by atoms with Crippen LogP contribution in [0.25, 0.3) is 22.6 Å². The summed E-state index contributed by atoms with van der Waals surface area (Å²) >= 11 is 0. The van der Waals surface area contributed by atoms with Gasteiger partial charge in [-0.25, -0.2) is 4.98 Å². The molecule has 2 heterocycles. The maximum atomic E-state index is 4.55. The predicted molar refractivity (Wildman–Crippen MR) is 67.5 cm³/mol. The lowest BCUT2D eigenvalue weighted by Gasteiger charge is -1.89. The predicted octanol–water partition coefficient (Wildman–Crippen LogP) is 3.42. The number of rotatable bonds is 1. The molecule has 0 atom stereocenters. The molecule has 1 aromatic carbocycles. The van der Waals surface area contributed by atoms with Crippen molar-refractivity contribution >= 4 is 11.0 Å². The fourth-order valence-electron chi connectivity index (χ4n) is 1.89. The first kappa shape index (κ1) is 9.21. The molecule has 3 heteroatoms. The van der Waals surface area contributed by atoms with Crippen LogP contribution in [0.4, 0.5) is 0 Å². The molecule has 2 aromatic heterocycles. The van der Waals surface area contributed by atoms with Crippen LogP contribution in [0, 0.1) is 13.8 Å². The third-order valence-corrected chi connectivity index (χ3v) is 2.72. The quantitative estimate of drug-likeness (QED) is 0.639. The largest absolute Gasteiger partial charge is 0.358 e. The molecule has 0 spiro atoms. The van der Waals surface area contributed by atoms with Gasteiger partial charge in [-0.1, -0.05) is 6.07 Å². The fourth-order valence-corrected chi connectivity index (χ4v) is 1.89. The SMILES string of the molecule is Cc1c[nH]c(-c2nc3ccc(C)cc3[nH]2)c1.[HH]. The van der Waals surface area contributed by atoms with Crippen LogP contribution < -0.4 is 0 Å². The molecule has 16 heavy (non-hydrogen) atoms. The number of fused-ring (bicyclic) bond motifs is 1. The Balaban J connectivity index is 0.00000108. The number of hydrogen-bond donors (Lipinski definition) is 2. The van der Waals surface area contributed by atoms with E-state index in [1.54, 1.807) is 0 Å². The standard InChI is InChI=1S/C13H13N3.H2/c1-8-3-4-10-11(5-8)16-13(15-10)12-6-9(2)7-14-12;/h3-7,14H,1-2H3,(H,15,16);1H.